The van der Waals surface area contributed by atoms with Crippen LogP contribution >= 0.6 is 0 Å². The minimum atomic E-state index is -0.229. The molecule has 1 aromatic heterocycles. The normalized spacial score (nSPS) is 19.1. The van der Waals surface area contributed by atoms with Crippen LogP contribution in [0.2, 0.25) is 0 Å². The van der Waals surface area contributed by atoms with Gasteiger partial charge in [0.25, 0.3) is 0 Å². The van der Waals surface area contributed by atoms with Crippen molar-refractivity contribution < 1.29 is 13.9 Å². The molecule has 0 aromatic carbocycles. The molecule has 1 aliphatic rings. The Kier molecular flexibility index (Phi) is 2.11. The maximum atomic E-state index is 11.3. The highest BCUT2D eigenvalue weighted by Crippen LogP contribution is 2.23. The van der Waals surface area contributed by atoms with Crippen molar-refractivity contribution in [2.75, 3.05) is 7.11 Å². The van der Waals surface area contributed by atoms with Gasteiger partial charge in [-0.05, 0) is 6.08 Å². The molecule has 4 nitrogen and oxygen atoms in total. The number of aryl methyl sites for hydroxylation is 1. The molecule has 1 aliphatic carbocycles. The molecule has 4 heteroatoms. The van der Waals surface area contributed by atoms with E-state index in [4.69, 9.17) is 4.42 Å². The standard InChI is InChI=1S/C10H11NO3/c1-6-11-8-5-7(10(12)13-2)3-4-9(8)14-6/h3-4,7H,5H2,1-2H3. The fourth-order valence-electron chi connectivity index (χ4n) is 1.56. The highest BCUT2D eigenvalue weighted by Gasteiger charge is 2.24. The van der Waals surface area contributed by atoms with Gasteiger partial charge in [0.1, 0.15) is 5.76 Å². The smallest absolute Gasteiger partial charge is 0.312 e. The number of rotatable bonds is 1. The molecule has 74 valence electrons. The van der Waals surface area contributed by atoms with E-state index in [0.717, 1.165) is 11.5 Å². The number of nitrogens with zero attached hydrogens (tertiary/aromatic N) is 1. The zero-order chi connectivity index (χ0) is 10.1. The first-order chi connectivity index (χ1) is 6.70. The molecule has 14 heavy (non-hydrogen) atoms. The van der Waals surface area contributed by atoms with E-state index < -0.39 is 0 Å². The molecule has 0 bridgehead atoms. The summed E-state index contributed by atoms with van der Waals surface area (Å²) in [6, 6.07) is 0. The van der Waals surface area contributed by atoms with Crippen LogP contribution in [0, 0.1) is 12.8 Å². The fraction of sp³-hybridized carbons (Fsp3) is 0.400. The number of carbonyl (C=O) groups excluding carboxylic acids is 1. The van der Waals surface area contributed by atoms with Crippen molar-refractivity contribution in [2.45, 2.75) is 13.3 Å². The van der Waals surface area contributed by atoms with E-state index >= 15 is 0 Å². The number of aromatic nitrogens is 1. The van der Waals surface area contributed by atoms with Gasteiger partial charge in [0.2, 0.25) is 0 Å². The summed E-state index contributed by atoms with van der Waals surface area (Å²) >= 11 is 0. The van der Waals surface area contributed by atoms with Crippen molar-refractivity contribution in [3.63, 3.8) is 0 Å². The van der Waals surface area contributed by atoms with Crippen LogP contribution in [-0.4, -0.2) is 18.1 Å². The summed E-state index contributed by atoms with van der Waals surface area (Å²) in [6.45, 7) is 1.79. The molecule has 0 amide bonds. The third-order valence-corrected chi connectivity index (χ3v) is 2.23. The van der Waals surface area contributed by atoms with Gasteiger partial charge in [-0.15, -0.1) is 0 Å². The number of methoxy groups -OCH3 is 1. The number of oxazole rings is 1. The van der Waals surface area contributed by atoms with E-state index in [1.807, 2.05) is 0 Å². The van der Waals surface area contributed by atoms with Crippen LogP contribution in [-0.2, 0) is 16.0 Å². The molecule has 0 saturated carbocycles. The summed E-state index contributed by atoms with van der Waals surface area (Å²) in [6.07, 6.45) is 4.13. The Hall–Kier alpha value is -1.58. The molecular weight excluding hydrogens is 182 g/mol. The van der Waals surface area contributed by atoms with Crippen LogP contribution in [0.1, 0.15) is 17.3 Å². The molecule has 0 saturated heterocycles. The molecule has 0 spiro atoms. The quantitative estimate of drug-likeness (QED) is 0.631. The second-order valence-electron chi connectivity index (χ2n) is 3.24. The summed E-state index contributed by atoms with van der Waals surface area (Å²) in [4.78, 5) is 15.4. The van der Waals surface area contributed by atoms with Crippen molar-refractivity contribution in [3.8, 4) is 0 Å². The van der Waals surface area contributed by atoms with Gasteiger partial charge in [-0.25, -0.2) is 4.98 Å². The molecular formula is C10H11NO3. The van der Waals surface area contributed by atoms with Crippen LogP contribution in [0.5, 0.6) is 0 Å². The largest absolute Gasteiger partial charge is 0.469 e. The van der Waals surface area contributed by atoms with E-state index in [1.165, 1.54) is 7.11 Å². The number of ether oxygens (including phenoxy) is 1. The zero-order valence-electron chi connectivity index (χ0n) is 8.11. The van der Waals surface area contributed by atoms with Gasteiger partial charge in [-0.3, -0.25) is 4.79 Å². The molecule has 2 rings (SSSR count). The topological polar surface area (TPSA) is 52.3 Å². The van der Waals surface area contributed by atoms with Crippen LogP contribution in [0.25, 0.3) is 6.08 Å². The Morgan fingerprint density at radius 3 is 3.21 bits per heavy atom. The number of fused-ring (bicyclic) bond motifs is 1. The van der Waals surface area contributed by atoms with Crippen LogP contribution in [0.15, 0.2) is 10.5 Å². The lowest BCUT2D eigenvalue weighted by molar-refractivity contribution is -0.143. The Bertz CT molecular complexity index is 392. The maximum Gasteiger partial charge on any atom is 0.312 e. The van der Waals surface area contributed by atoms with Gasteiger partial charge in [0, 0.05) is 13.3 Å². The van der Waals surface area contributed by atoms with Crippen molar-refractivity contribution in [3.05, 3.63) is 23.4 Å². The third kappa shape index (κ3) is 1.43. The van der Waals surface area contributed by atoms with E-state index in [9.17, 15) is 4.79 Å². The van der Waals surface area contributed by atoms with Gasteiger partial charge in [0.15, 0.2) is 5.89 Å². The molecule has 1 atom stereocenters. The highest BCUT2D eigenvalue weighted by atomic mass is 16.5. The summed E-state index contributed by atoms with van der Waals surface area (Å²) < 4.78 is 9.98. The first-order valence-corrected chi connectivity index (χ1v) is 4.43. The maximum absolute atomic E-state index is 11.3. The first kappa shape index (κ1) is 8.99. The summed E-state index contributed by atoms with van der Waals surface area (Å²) in [7, 11) is 1.39. The summed E-state index contributed by atoms with van der Waals surface area (Å²) in [5, 5.41) is 0. The Balaban J connectivity index is 2.24. The Morgan fingerprint density at radius 2 is 2.50 bits per heavy atom. The number of esters is 1. The number of hydrogen-bond acceptors (Lipinski definition) is 4. The Labute approximate surface area is 81.6 Å². The molecule has 0 fully saturated rings. The highest BCUT2D eigenvalue weighted by molar-refractivity contribution is 5.77. The average molecular weight is 193 g/mol. The van der Waals surface area contributed by atoms with Crippen LogP contribution in [0.4, 0.5) is 0 Å². The first-order valence-electron chi connectivity index (χ1n) is 4.43. The zero-order valence-corrected chi connectivity index (χ0v) is 8.11. The lowest BCUT2D eigenvalue weighted by Crippen LogP contribution is -2.18. The number of hydrogen-bond donors (Lipinski definition) is 0. The molecule has 1 aromatic rings. The SMILES string of the molecule is COC(=O)C1C=Cc2oc(C)nc2C1. The average Bonchev–Trinajstić information content (AvgIpc) is 2.55. The van der Waals surface area contributed by atoms with E-state index in [2.05, 4.69) is 9.72 Å². The Morgan fingerprint density at radius 1 is 1.71 bits per heavy atom. The fourth-order valence-corrected chi connectivity index (χ4v) is 1.56. The predicted octanol–water partition coefficient (Wildman–Crippen LogP) is 1.34. The molecule has 0 aliphatic heterocycles. The molecule has 0 N–H and O–H groups in total. The lowest BCUT2D eigenvalue weighted by atomic mass is 9.97. The predicted molar refractivity (Wildman–Crippen MR) is 49.5 cm³/mol. The van der Waals surface area contributed by atoms with Crippen molar-refractivity contribution in [1.82, 2.24) is 4.98 Å². The van der Waals surface area contributed by atoms with Crippen molar-refractivity contribution in [2.24, 2.45) is 5.92 Å². The van der Waals surface area contributed by atoms with E-state index in [0.29, 0.717) is 12.3 Å². The second-order valence-corrected chi connectivity index (χ2v) is 3.24. The van der Waals surface area contributed by atoms with Crippen LogP contribution < -0.4 is 0 Å². The summed E-state index contributed by atoms with van der Waals surface area (Å²) in [5.74, 6) is 0.928. The van der Waals surface area contributed by atoms with Gasteiger partial charge in [-0.1, -0.05) is 6.08 Å². The van der Waals surface area contributed by atoms with Gasteiger partial charge < -0.3 is 9.15 Å². The van der Waals surface area contributed by atoms with Crippen molar-refractivity contribution >= 4 is 12.0 Å². The summed E-state index contributed by atoms with van der Waals surface area (Å²) in [5.41, 5.74) is 0.834. The van der Waals surface area contributed by atoms with E-state index in [1.54, 1.807) is 19.1 Å². The van der Waals surface area contributed by atoms with Crippen LogP contribution in [0.3, 0.4) is 0 Å². The minimum absolute atomic E-state index is 0.225. The monoisotopic (exact) mass is 193 g/mol. The molecule has 1 unspecified atom stereocenters. The second kappa shape index (κ2) is 3.29. The van der Waals surface area contributed by atoms with E-state index in [-0.39, 0.29) is 11.9 Å². The van der Waals surface area contributed by atoms with Crippen molar-refractivity contribution in [1.29, 1.82) is 0 Å². The molecule has 1 heterocycles. The van der Waals surface area contributed by atoms with Gasteiger partial charge >= 0.3 is 5.97 Å². The third-order valence-electron chi connectivity index (χ3n) is 2.23. The van der Waals surface area contributed by atoms with Gasteiger partial charge in [0.05, 0.1) is 18.7 Å². The lowest BCUT2D eigenvalue weighted by Gasteiger charge is -2.11. The molecule has 0 radical (unpaired) electrons. The minimum Gasteiger partial charge on any atom is -0.469 e. The van der Waals surface area contributed by atoms with Gasteiger partial charge in [-0.2, -0.15) is 0 Å². The number of carbonyl (C=O) groups is 1.